The normalized spacial score (nSPS) is 22.7. The summed E-state index contributed by atoms with van der Waals surface area (Å²) in [6.45, 7) is 3.58. The van der Waals surface area contributed by atoms with E-state index in [-0.39, 0.29) is 24.0 Å². The second-order valence-electron chi connectivity index (χ2n) is 6.51. The van der Waals surface area contributed by atoms with Gasteiger partial charge in [-0.05, 0) is 58.2 Å². The number of piperidine rings is 1. The van der Waals surface area contributed by atoms with Crippen LogP contribution in [0.15, 0.2) is 4.99 Å². The lowest BCUT2D eigenvalue weighted by Crippen LogP contribution is -2.44. The number of nitrogens with zero attached hydrogens (tertiary/aromatic N) is 2. The maximum atomic E-state index is 4.36. The highest BCUT2D eigenvalue weighted by atomic mass is 127. The van der Waals surface area contributed by atoms with Gasteiger partial charge >= 0.3 is 0 Å². The van der Waals surface area contributed by atoms with Crippen LogP contribution in [0.1, 0.15) is 51.4 Å². The van der Waals surface area contributed by atoms with Crippen LogP contribution in [0.4, 0.5) is 0 Å². The Balaban J connectivity index is 0.00000220. The second kappa shape index (κ2) is 10.6. The largest absolute Gasteiger partial charge is 0.356 e. The van der Waals surface area contributed by atoms with E-state index in [1.54, 1.807) is 0 Å². The van der Waals surface area contributed by atoms with Gasteiger partial charge in [-0.2, -0.15) is 0 Å². The molecule has 0 atom stereocenters. The maximum absolute atomic E-state index is 4.36. The van der Waals surface area contributed by atoms with Crippen LogP contribution in [0.3, 0.4) is 0 Å². The zero-order valence-corrected chi connectivity index (χ0v) is 16.1. The molecule has 2 fully saturated rings. The number of halogens is 1. The molecule has 5 heteroatoms. The lowest BCUT2D eigenvalue weighted by molar-refractivity contribution is 0.213. The Morgan fingerprint density at radius 2 is 1.76 bits per heavy atom. The van der Waals surface area contributed by atoms with E-state index < -0.39 is 0 Å². The van der Waals surface area contributed by atoms with Crippen LogP contribution in [0.25, 0.3) is 0 Å². The fraction of sp³-hybridized carbons (Fsp3) is 0.938. The molecular formula is C16H33IN4. The lowest BCUT2D eigenvalue weighted by Gasteiger charge is -2.29. The SMILES string of the molecule is CN=C(NCCC1CCN(C)CC1)NC1CCCCC1.I. The number of rotatable bonds is 4. The third-order valence-corrected chi connectivity index (χ3v) is 4.85. The van der Waals surface area contributed by atoms with Crippen molar-refractivity contribution in [2.24, 2.45) is 10.9 Å². The number of nitrogens with one attached hydrogen (secondary N) is 2. The van der Waals surface area contributed by atoms with Crippen molar-refractivity contribution in [1.82, 2.24) is 15.5 Å². The van der Waals surface area contributed by atoms with Gasteiger partial charge in [0, 0.05) is 19.6 Å². The summed E-state index contributed by atoms with van der Waals surface area (Å²) in [5.41, 5.74) is 0. The molecule has 0 radical (unpaired) electrons. The molecule has 2 N–H and O–H groups in total. The smallest absolute Gasteiger partial charge is 0.191 e. The Kier molecular flexibility index (Phi) is 9.64. The van der Waals surface area contributed by atoms with Crippen molar-refractivity contribution in [3.8, 4) is 0 Å². The molecule has 0 bridgehead atoms. The lowest BCUT2D eigenvalue weighted by atomic mass is 9.94. The summed E-state index contributed by atoms with van der Waals surface area (Å²) >= 11 is 0. The van der Waals surface area contributed by atoms with Crippen LogP contribution >= 0.6 is 24.0 Å². The molecular weight excluding hydrogens is 375 g/mol. The minimum absolute atomic E-state index is 0. The van der Waals surface area contributed by atoms with E-state index in [4.69, 9.17) is 0 Å². The van der Waals surface area contributed by atoms with Crippen molar-refractivity contribution in [3.05, 3.63) is 0 Å². The summed E-state index contributed by atoms with van der Waals surface area (Å²) in [7, 11) is 4.11. The summed E-state index contributed by atoms with van der Waals surface area (Å²) in [5.74, 6) is 1.90. The third kappa shape index (κ3) is 7.17. The van der Waals surface area contributed by atoms with Crippen LogP contribution in [-0.2, 0) is 0 Å². The first kappa shape index (κ1) is 19.0. The molecule has 0 aromatic carbocycles. The monoisotopic (exact) mass is 408 g/mol. The standard InChI is InChI=1S/C16H32N4.HI/c1-17-16(19-15-6-4-3-5-7-15)18-11-8-14-9-12-20(2)13-10-14;/h14-15H,3-13H2,1-2H3,(H2,17,18,19);1H. The van der Waals surface area contributed by atoms with E-state index in [2.05, 4.69) is 27.6 Å². The second-order valence-corrected chi connectivity index (χ2v) is 6.51. The molecule has 1 saturated carbocycles. The van der Waals surface area contributed by atoms with E-state index in [0.717, 1.165) is 18.4 Å². The molecule has 2 rings (SSSR count). The Labute approximate surface area is 147 Å². The van der Waals surface area contributed by atoms with E-state index in [9.17, 15) is 0 Å². The van der Waals surface area contributed by atoms with Gasteiger partial charge in [0.05, 0.1) is 0 Å². The van der Waals surface area contributed by atoms with Crippen LogP contribution in [0.5, 0.6) is 0 Å². The average molecular weight is 408 g/mol. The van der Waals surface area contributed by atoms with Crippen molar-refractivity contribution in [1.29, 1.82) is 0 Å². The highest BCUT2D eigenvalue weighted by molar-refractivity contribution is 14.0. The number of likely N-dealkylation sites (tertiary alicyclic amines) is 1. The Morgan fingerprint density at radius 3 is 2.38 bits per heavy atom. The Bertz CT molecular complexity index is 295. The van der Waals surface area contributed by atoms with E-state index in [1.165, 1.54) is 64.5 Å². The van der Waals surface area contributed by atoms with Gasteiger partial charge in [0.25, 0.3) is 0 Å². The van der Waals surface area contributed by atoms with Crippen molar-refractivity contribution < 1.29 is 0 Å². The average Bonchev–Trinajstić information content (AvgIpc) is 2.49. The first-order valence-corrected chi connectivity index (χ1v) is 8.43. The number of guanidine groups is 1. The molecule has 1 saturated heterocycles. The molecule has 124 valence electrons. The topological polar surface area (TPSA) is 39.7 Å². The zero-order chi connectivity index (χ0) is 14.2. The number of hydrogen-bond donors (Lipinski definition) is 2. The van der Waals surface area contributed by atoms with Gasteiger partial charge in [0.1, 0.15) is 0 Å². The number of aliphatic imine (C=N–C) groups is 1. The van der Waals surface area contributed by atoms with Crippen molar-refractivity contribution in [2.45, 2.75) is 57.4 Å². The van der Waals surface area contributed by atoms with Crippen molar-refractivity contribution >= 4 is 29.9 Å². The zero-order valence-electron chi connectivity index (χ0n) is 13.7. The van der Waals surface area contributed by atoms with E-state index >= 15 is 0 Å². The van der Waals surface area contributed by atoms with E-state index in [0.29, 0.717) is 6.04 Å². The van der Waals surface area contributed by atoms with Crippen molar-refractivity contribution in [3.63, 3.8) is 0 Å². The minimum Gasteiger partial charge on any atom is -0.356 e. The van der Waals surface area contributed by atoms with Crippen molar-refractivity contribution in [2.75, 3.05) is 33.7 Å². The van der Waals surface area contributed by atoms with Gasteiger partial charge in [-0.15, -0.1) is 24.0 Å². The first-order valence-electron chi connectivity index (χ1n) is 8.43. The summed E-state index contributed by atoms with van der Waals surface area (Å²) in [4.78, 5) is 6.80. The van der Waals surface area contributed by atoms with Gasteiger partial charge < -0.3 is 15.5 Å². The molecule has 0 spiro atoms. The third-order valence-electron chi connectivity index (χ3n) is 4.85. The van der Waals surface area contributed by atoms with Gasteiger partial charge in [-0.25, -0.2) is 0 Å². The quantitative estimate of drug-likeness (QED) is 0.427. The minimum atomic E-state index is 0. The summed E-state index contributed by atoms with van der Waals surface area (Å²) in [5, 5.41) is 7.08. The molecule has 1 aliphatic heterocycles. The van der Waals surface area contributed by atoms with Gasteiger partial charge in [0.15, 0.2) is 5.96 Å². The fourth-order valence-corrected chi connectivity index (χ4v) is 3.38. The van der Waals surface area contributed by atoms with Crippen LogP contribution in [-0.4, -0.2) is 50.6 Å². The van der Waals surface area contributed by atoms with Gasteiger partial charge in [-0.3, -0.25) is 4.99 Å². The van der Waals surface area contributed by atoms with Crippen LogP contribution in [0.2, 0.25) is 0 Å². The number of hydrogen-bond acceptors (Lipinski definition) is 2. The molecule has 0 aromatic rings. The van der Waals surface area contributed by atoms with Gasteiger partial charge in [-0.1, -0.05) is 19.3 Å². The molecule has 21 heavy (non-hydrogen) atoms. The predicted octanol–water partition coefficient (Wildman–Crippen LogP) is 2.83. The molecule has 0 amide bonds. The summed E-state index contributed by atoms with van der Waals surface area (Å²) in [6, 6.07) is 0.637. The Hall–Kier alpha value is -0.0400. The predicted molar refractivity (Wildman–Crippen MR) is 102 cm³/mol. The summed E-state index contributed by atoms with van der Waals surface area (Å²) < 4.78 is 0. The van der Waals surface area contributed by atoms with Gasteiger partial charge in [0.2, 0.25) is 0 Å². The maximum Gasteiger partial charge on any atom is 0.191 e. The molecule has 1 heterocycles. The first-order chi connectivity index (χ1) is 9.78. The van der Waals surface area contributed by atoms with E-state index in [1.807, 2.05) is 7.05 Å². The van der Waals surface area contributed by atoms with Crippen LogP contribution in [0, 0.1) is 5.92 Å². The molecule has 0 aromatic heterocycles. The molecule has 2 aliphatic rings. The molecule has 4 nitrogen and oxygen atoms in total. The summed E-state index contributed by atoms with van der Waals surface area (Å²) in [6.07, 6.45) is 10.7. The van der Waals surface area contributed by atoms with Crippen LogP contribution < -0.4 is 10.6 Å². The highest BCUT2D eigenvalue weighted by Gasteiger charge is 2.17. The fourth-order valence-electron chi connectivity index (χ4n) is 3.38. The molecule has 0 unspecified atom stereocenters. The Morgan fingerprint density at radius 1 is 1.10 bits per heavy atom. The highest BCUT2D eigenvalue weighted by Crippen LogP contribution is 2.19. The molecule has 1 aliphatic carbocycles.